The first-order chi connectivity index (χ1) is 5.24. The highest BCUT2D eigenvalue weighted by Gasteiger charge is 1.98. The molecule has 0 aromatic heterocycles. The Labute approximate surface area is 69.3 Å². The zero-order chi connectivity index (χ0) is 8.27. The van der Waals surface area contributed by atoms with Crippen molar-refractivity contribution in [3.05, 3.63) is 41.3 Å². The second kappa shape index (κ2) is 3.56. The average molecular weight is 147 g/mol. The van der Waals surface area contributed by atoms with Gasteiger partial charge in [-0.05, 0) is 23.5 Å². The lowest BCUT2D eigenvalue weighted by atomic mass is 10.0. The van der Waals surface area contributed by atoms with Crippen LogP contribution in [0.1, 0.15) is 31.9 Å². The van der Waals surface area contributed by atoms with Crippen molar-refractivity contribution in [1.29, 1.82) is 0 Å². The van der Waals surface area contributed by atoms with Gasteiger partial charge in [-0.1, -0.05) is 45.0 Å². The summed E-state index contributed by atoms with van der Waals surface area (Å²) >= 11 is 0. The van der Waals surface area contributed by atoms with Crippen LogP contribution in [0, 0.1) is 5.92 Å². The summed E-state index contributed by atoms with van der Waals surface area (Å²) in [5.74, 6) is 1.39. The van der Waals surface area contributed by atoms with Crippen molar-refractivity contribution in [2.24, 2.45) is 0 Å². The summed E-state index contributed by atoms with van der Waals surface area (Å²) in [4.78, 5) is 0. The van der Waals surface area contributed by atoms with E-state index in [0.29, 0.717) is 0 Å². The third-order valence-electron chi connectivity index (χ3n) is 1.91. The van der Waals surface area contributed by atoms with Gasteiger partial charge in [0.25, 0.3) is 0 Å². The van der Waals surface area contributed by atoms with Gasteiger partial charge in [0.15, 0.2) is 0 Å². The van der Waals surface area contributed by atoms with Crippen LogP contribution in [0.4, 0.5) is 0 Å². The Bertz CT molecular complexity index is 223. The summed E-state index contributed by atoms with van der Waals surface area (Å²) in [6.45, 7) is 6.48. The molecular formula is C11H15. The molecule has 1 radical (unpaired) electrons. The van der Waals surface area contributed by atoms with Crippen molar-refractivity contribution in [3.8, 4) is 0 Å². The number of rotatable bonds is 2. The lowest BCUT2D eigenvalue weighted by Gasteiger charge is -2.05. The van der Waals surface area contributed by atoms with Crippen LogP contribution in [0.15, 0.2) is 24.3 Å². The second-order valence-corrected chi connectivity index (χ2v) is 3.05. The molecule has 59 valence electrons. The van der Waals surface area contributed by atoms with E-state index in [9.17, 15) is 0 Å². The normalized spacial score (nSPS) is 10.5. The molecule has 0 amide bonds. The third-order valence-corrected chi connectivity index (χ3v) is 1.91. The smallest absolute Gasteiger partial charge is 0.00119 e. The highest BCUT2D eigenvalue weighted by atomic mass is 14.0. The van der Waals surface area contributed by atoms with Crippen LogP contribution in [0.3, 0.4) is 0 Å². The van der Waals surface area contributed by atoms with E-state index in [1.165, 1.54) is 17.0 Å². The Morgan fingerprint density at radius 1 is 1.27 bits per heavy atom. The predicted molar refractivity (Wildman–Crippen MR) is 49.5 cm³/mol. The maximum Gasteiger partial charge on any atom is -0.00119 e. The molecule has 1 aromatic carbocycles. The summed E-state index contributed by atoms with van der Waals surface area (Å²) in [5, 5.41) is 0. The van der Waals surface area contributed by atoms with Crippen LogP contribution in [0.2, 0.25) is 0 Å². The molecule has 0 spiro atoms. The largest absolute Gasteiger partial charge is 0.0617 e. The molecule has 0 N–H and O–H groups in total. The highest BCUT2D eigenvalue weighted by Crippen LogP contribution is 2.14. The zero-order valence-corrected chi connectivity index (χ0v) is 7.52. The molecule has 0 heterocycles. The summed E-state index contributed by atoms with van der Waals surface area (Å²) in [6, 6.07) is 8.72. The number of hydrogen-bond donors (Lipinski definition) is 0. The maximum absolute atomic E-state index is 2.26. The standard InChI is InChI=1S/C11H15/c1-4-10-6-5-7-11(8-10)9(2)3/h5-8H,4H2,1-3H3. The minimum Gasteiger partial charge on any atom is -0.0617 e. The van der Waals surface area contributed by atoms with E-state index >= 15 is 0 Å². The first kappa shape index (κ1) is 8.32. The van der Waals surface area contributed by atoms with Crippen molar-refractivity contribution in [2.45, 2.75) is 27.2 Å². The molecule has 1 aromatic rings. The van der Waals surface area contributed by atoms with Gasteiger partial charge in [0.1, 0.15) is 0 Å². The van der Waals surface area contributed by atoms with Crippen molar-refractivity contribution in [2.75, 3.05) is 0 Å². The quantitative estimate of drug-likeness (QED) is 0.602. The molecule has 1 rings (SSSR count). The Morgan fingerprint density at radius 3 is 2.55 bits per heavy atom. The number of benzene rings is 1. The SMILES string of the molecule is CCc1cccc([C](C)C)c1. The zero-order valence-electron chi connectivity index (χ0n) is 7.52. The molecule has 0 fully saturated rings. The van der Waals surface area contributed by atoms with Gasteiger partial charge in [-0.3, -0.25) is 0 Å². The Hall–Kier alpha value is -0.780. The molecular weight excluding hydrogens is 132 g/mol. The fourth-order valence-electron chi connectivity index (χ4n) is 1.10. The van der Waals surface area contributed by atoms with Crippen LogP contribution in [-0.4, -0.2) is 0 Å². The molecule has 11 heavy (non-hydrogen) atoms. The van der Waals surface area contributed by atoms with Crippen molar-refractivity contribution < 1.29 is 0 Å². The fraction of sp³-hybridized carbons (Fsp3) is 0.364. The monoisotopic (exact) mass is 147 g/mol. The molecule has 0 aliphatic carbocycles. The van der Waals surface area contributed by atoms with Gasteiger partial charge in [0, 0.05) is 0 Å². The van der Waals surface area contributed by atoms with E-state index in [4.69, 9.17) is 0 Å². The van der Waals surface area contributed by atoms with Gasteiger partial charge in [-0.2, -0.15) is 0 Å². The van der Waals surface area contributed by atoms with Gasteiger partial charge in [0.05, 0.1) is 0 Å². The topological polar surface area (TPSA) is 0 Å². The molecule has 0 aliphatic rings. The molecule has 0 atom stereocenters. The molecule has 0 unspecified atom stereocenters. The maximum atomic E-state index is 2.26. The Balaban J connectivity index is 2.91. The molecule has 0 nitrogen and oxygen atoms in total. The van der Waals surface area contributed by atoms with E-state index in [2.05, 4.69) is 45.0 Å². The van der Waals surface area contributed by atoms with E-state index in [0.717, 1.165) is 6.42 Å². The van der Waals surface area contributed by atoms with Gasteiger partial charge in [-0.15, -0.1) is 0 Å². The van der Waals surface area contributed by atoms with Crippen LogP contribution in [0.25, 0.3) is 0 Å². The van der Waals surface area contributed by atoms with Crippen LogP contribution in [0.5, 0.6) is 0 Å². The van der Waals surface area contributed by atoms with E-state index in [-0.39, 0.29) is 0 Å². The first-order valence-electron chi connectivity index (χ1n) is 4.13. The average Bonchev–Trinajstić information content (AvgIpc) is 2.05. The van der Waals surface area contributed by atoms with Crippen LogP contribution in [-0.2, 0) is 6.42 Å². The second-order valence-electron chi connectivity index (χ2n) is 3.05. The van der Waals surface area contributed by atoms with E-state index in [1.54, 1.807) is 0 Å². The molecule has 0 heteroatoms. The summed E-state index contributed by atoms with van der Waals surface area (Å²) in [6.07, 6.45) is 1.13. The minimum absolute atomic E-state index is 1.13. The van der Waals surface area contributed by atoms with Gasteiger partial charge in [-0.25, -0.2) is 0 Å². The molecule has 0 bridgehead atoms. The number of aryl methyl sites for hydroxylation is 1. The molecule has 0 saturated carbocycles. The van der Waals surface area contributed by atoms with Gasteiger partial charge in [0.2, 0.25) is 0 Å². The van der Waals surface area contributed by atoms with E-state index in [1.807, 2.05) is 0 Å². The first-order valence-corrected chi connectivity index (χ1v) is 4.13. The highest BCUT2D eigenvalue weighted by molar-refractivity contribution is 5.32. The molecule has 0 aliphatic heterocycles. The van der Waals surface area contributed by atoms with Crippen molar-refractivity contribution in [1.82, 2.24) is 0 Å². The Kier molecular flexibility index (Phi) is 2.70. The van der Waals surface area contributed by atoms with Gasteiger partial charge < -0.3 is 0 Å². The predicted octanol–water partition coefficient (Wildman–Crippen LogP) is 3.21. The number of hydrogen-bond acceptors (Lipinski definition) is 0. The summed E-state index contributed by atoms with van der Waals surface area (Å²) in [7, 11) is 0. The Morgan fingerprint density at radius 2 is 2.00 bits per heavy atom. The van der Waals surface area contributed by atoms with Crippen LogP contribution < -0.4 is 0 Å². The minimum atomic E-state index is 1.13. The third kappa shape index (κ3) is 2.07. The van der Waals surface area contributed by atoms with Crippen LogP contribution >= 0.6 is 0 Å². The molecule has 0 saturated heterocycles. The lowest BCUT2D eigenvalue weighted by molar-refractivity contribution is 1.10. The summed E-state index contributed by atoms with van der Waals surface area (Å²) in [5.41, 5.74) is 2.79. The fourth-order valence-corrected chi connectivity index (χ4v) is 1.10. The summed E-state index contributed by atoms with van der Waals surface area (Å²) < 4.78 is 0. The van der Waals surface area contributed by atoms with Gasteiger partial charge >= 0.3 is 0 Å². The van der Waals surface area contributed by atoms with E-state index < -0.39 is 0 Å². The van der Waals surface area contributed by atoms with Crippen molar-refractivity contribution in [3.63, 3.8) is 0 Å². The van der Waals surface area contributed by atoms with Crippen molar-refractivity contribution >= 4 is 0 Å². The lowest BCUT2D eigenvalue weighted by Crippen LogP contribution is -1.89.